The summed E-state index contributed by atoms with van der Waals surface area (Å²) in [6, 6.07) is -0.491. The number of alkyl halides is 3. The van der Waals surface area contributed by atoms with E-state index in [-0.39, 0.29) is 49.7 Å². The number of esters is 1. The summed E-state index contributed by atoms with van der Waals surface area (Å²) in [4.78, 5) is 40.5. The third-order valence-corrected chi connectivity index (χ3v) is 16.1. The molecule has 0 aromatic rings. The van der Waals surface area contributed by atoms with Crippen LogP contribution in [-0.4, -0.2) is 158 Å². The molecule has 0 aromatic heterocycles. The summed E-state index contributed by atoms with van der Waals surface area (Å²) < 4.78 is 105. The first-order valence-corrected chi connectivity index (χ1v) is 26.2. The Balaban J connectivity index is 1.15. The van der Waals surface area contributed by atoms with Crippen LogP contribution >= 0.6 is 0 Å². The van der Waals surface area contributed by atoms with Crippen molar-refractivity contribution in [3.63, 3.8) is 0 Å². The van der Waals surface area contributed by atoms with E-state index in [0.29, 0.717) is 24.0 Å². The van der Waals surface area contributed by atoms with Gasteiger partial charge >= 0.3 is 18.1 Å². The van der Waals surface area contributed by atoms with Crippen molar-refractivity contribution in [3.8, 4) is 0 Å². The van der Waals surface area contributed by atoms with Gasteiger partial charge < -0.3 is 68.2 Å². The standard InChI is InChI=1S/C54H79F3N2O15/c1-13-28(4)45-31(7)19-20-51(74-45)25-37-22-36(73-51)18-17-30(6)44(29(5)15-14-16-35-26-67-47-43(60)32(8)21-38(48(61)70-37)53(35,47)64)71-41-23-39(65-11)46(33(9)68-41)72-42-24-40(66-12)52(34(10)69-42,49(62)58-27(2)3)59-50(63)54(55,56)57/h14-17,19-21,27-29,31,33-34,36-47,60,64H,13,18,22-26H2,1-12H3,(H,58,62)(H,59,63)/t28?,29?,31-,33-,34-,36+,37-,38-,39-,40-,41-,42-,43+,44-,45+,46-,47+,51+,52-,53+/m0/s1. The van der Waals surface area contributed by atoms with Crippen LogP contribution in [0.25, 0.3) is 0 Å². The summed E-state index contributed by atoms with van der Waals surface area (Å²) >= 11 is 0. The van der Waals surface area contributed by atoms with Crippen molar-refractivity contribution in [1.29, 1.82) is 0 Å². The van der Waals surface area contributed by atoms with Gasteiger partial charge in [0.15, 0.2) is 23.9 Å². The topological polar surface area (TPSA) is 208 Å². The first kappa shape index (κ1) is 58.1. The molecule has 2 amide bonds. The summed E-state index contributed by atoms with van der Waals surface area (Å²) in [6.07, 6.45) is -1.36. The third-order valence-electron chi connectivity index (χ3n) is 16.1. The zero-order chi connectivity index (χ0) is 54.2. The first-order chi connectivity index (χ1) is 34.8. The van der Waals surface area contributed by atoms with Gasteiger partial charge in [0.05, 0.1) is 49.3 Å². The molecule has 4 N–H and O–H groups in total. The van der Waals surface area contributed by atoms with Gasteiger partial charge in [0.1, 0.15) is 35.9 Å². The van der Waals surface area contributed by atoms with Gasteiger partial charge in [0.25, 0.3) is 5.91 Å². The van der Waals surface area contributed by atoms with Gasteiger partial charge in [-0.3, -0.25) is 14.4 Å². The van der Waals surface area contributed by atoms with Crippen LogP contribution < -0.4 is 10.6 Å². The summed E-state index contributed by atoms with van der Waals surface area (Å²) in [5, 5.41) is 28.3. The second-order valence-corrected chi connectivity index (χ2v) is 21.8. The second kappa shape index (κ2) is 23.2. The van der Waals surface area contributed by atoms with E-state index < -0.39 is 126 Å². The number of rotatable bonds is 11. The molecule has 0 saturated carbocycles. The molecule has 2 unspecified atom stereocenters. The average Bonchev–Trinajstić information content (AvgIpc) is 3.68. The van der Waals surface area contributed by atoms with Crippen LogP contribution in [0, 0.1) is 23.7 Å². The highest BCUT2D eigenvalue weighted by Gasteiger charge is 2.62. The number of aliphatic hydroxyl groups is 2. The number of allylic oxidation sites excluding steroid dienone is 2. The molecular formula is C54H79F3N2O15. The van der Waals surface area contributed by atoms with Crippen molar-refractivity contribution in [2.24, 2.45) is 23.7 Å². The van der Waals surface area contributed by atoms with E-state index in [0.717, 1.165) is 12.0 Å². The van der Waals surface area contributed by atoms with Crippen molar-refractivity contribution in [1.82, 2.24) is 10.6 Å². The Morgan fingerprint density at radius 3 is 2.31 bits per heavy atom. The van der Waals surface area contributed by atoms with Crippen LogP contribution in [0.3, 0.4) is 0 Å². The van der Waals surface area contributed by atoms with Crippen molar-refractivity contribution < 1.29 is 85.1 Å². The molecule has 17 nitrogen and oxygen atoms in total. The second-order valence-electron chi connectivity index (χ2n) is 21.8. The van der Waals surface area contributed by atoms with Crippen LogP contribution in [0.4, 0.5) is 13.2 Å². The largest absolute Gasteiger partial charge is 0.471 e. The van der Waals surface area contributed by atoms with Crippen molar-refractivity contribution in [2.75, 3.05) is 20.8 Å². The number of carbonyl (C=O) groups is 3. The van der Waals surface area contributed by atoms with Crippen LogP contribution in [0.2, 0.25) is 0 Å². The Hall–Kier alpha value is -3.54. The Morgan fingerprint density at radius 2 is 1.65 bits per heavy atom. The number of amides is 2. The maximum Gasteiger partial charge on any atom is 0.471 e. The van der Waals surface area contributed by atoms with E-state index in [1.165, 1.54) is 21.1 Å². The number of hydrogen-bond acceptors (Lipinski definition) is 15. The van der Waals surface area contributed by atoms with E-state index in [1.807, 2.05) is 31.3 Å². The number of hydrogen-bond donors (Lipinski definition) is 4. The average molecular weight is 1050 g/mol. The van der Waals surface area contributed by atoms with Gasteiger partial charge in [-0.05, 0) is 76.7 Å². The van der Waals surface area contributed by atoms with Crippen molar-refractivity contribution in [2.45, 2.75) is 217 Å². The van der Waals surface area contributed by atoms with E-state index >= 15 is 0 Å². The molecule has 1 spiro atoms. The van der Waals surface area contributed by atoms with E-state index in [4.69, 9.17) is 47.4 Å². The smallest absolute Gasteiger partial charge is 0.462 e. The molecular weight excluding hydrogens is 974 g/mol. The number of halogens is 3. The van der Waals surface area contributed by atoms with Gasteiger partial charge in [0, 0.05) is 57.8 Å². The minimum Gasteiger partial charge on any atom is -0.462 e. The fourth-order valence-corrected chi connectivity index (χ4v) is 11.8. The van der Waals surface area contributed by atoms with Gasteiger partial charge in [-0.15, -0.1) is 0 Å². The number of carbonyl (C=O) groups excluding carboxylic acids is 3. The monoisotopic (exact) mass is 1050 g/mol. The molecule has 1 aliphatic carbocycles. The predicted molar refractivity (Wildman–Crippen MR) is 262 cm³/mol. The highest BCUT2D eigenvalue weighted by Crippen LogP contribution is 2.47. The van der Waals surface area contributed by atoms with Crippen molar-refractivity contribution in [3.05, 3.63) is 59.3 Å². The van der Waals surface area contributed by atoms with Gasteiger partial charge in [-0.25, -0.2) is 0 Å². The molecule has 416 valence electrons. The lowest BCUT2D eigenvalue weighted by Gasteiger charge is -2.50. The molecule has 6 aliphatic heterocycles. The quantitative estimate of drug-likeness (QED) is 0.139. The summed E-state index contributed by atoms with van der Waals surface area (Å²) in [5.74, 6) is -6.22. The zero-order valence-electron chi connectivity index (χ0n) is 44.7. The molecule has 20 heteroatoms. The third kappa shape index (κ3) is 11.8. The molecule has 74 heavy (non-hydrogen) atoms. The minimum absolute atomic E-state index is 0.0354. The summed E-state index contributed by atoms with van der Waals surface area (Å²) in [5.41, 5.74) is -2.43. The lowest BCUT2D eigenvalue weighted by molar-refractivity contribution is -0.316. The fraction of sp³-hybridized carbons (Fsp3) is 0.759. The SMILES string of the molecule is CCC(C)[C@H]1O[C@]2(C=C[C@@H]1C)C[C@@H]1C[C@@H](CC=C(C)[C@@H](O[C@H]3C[C@H](OC)[C@@H](O[C@H]4C[C@H](OC)[C@](NC(=O)C(F)(F)F)(C(=O)NC(C)C)[C@H](C)O4)[C@H](C)O3)C(C)C=CC=C3CO[C@@H]4[C@H](O)C(C)=C[C@@H](C(=O)O1)[C@]34O)O2. The molecule has 0 radical (unpaired) electrons. The van der Waals surface area contributed by atoms with Crippen molar-refractivity contribution >= 4 is 17.8 Å². The Labute approximate surface area is 432 Å². The lowest BCUT2D eigenvalue weighted by Crippen LogP contribution is -2.76. The number of fused-ring (bicyclic) bond motifs is 2. The molecule has 4 saturated heterocycles. The maximum atomic E-state index is 14.4. The summed E-state index contributed by atoms with van der Waals surface area (Å²) in [6.45, 7) is 18.4. The van der Waals surface area contributed by atoms with Gasteiger partial charge in [-0.1, -0.05) is 70.6 Å². The van der Waals surface area contributed by atoms with Crippen LogP contribution in [0.1, 0.15) is 108 Å². The highest BCUT2D eigenvalue weighted by molar-refractivity contribution is 5.94. The maximum absolute atomic E-state index is 14.4. The molecule has 2 bridgehead atoms. The fourth-order valence-electron chi connectivity index (χ4n) is 11.8. The number of aliphatic hydroxyl groups excluding tert-OH is 1. The predicted octanol–water partition coefficient (Wildman–Crippen LogP) is 5.96. The van der Waals surface area contributed by atoms with E-state index in [9.17, 15) is 37.8 Å². The van der Waals surface area contributed by atoms with Crippen LogP contribution in [0.15, 0.2) is 59.3 Å². The Kier molecular flexibility index (Phi) is 18.2. The minimum atomic E-state index is -5.30. The van der Waals surface area contributed by atoms with Crippen LogP contribution in [0.5, 0.6) is 0 Å². The molecule has 7 aliphatic rings. The number of ether oxygens (including phenoxy) is 10. The zero-order valence-corrected chi connectivity index (χ0v) is 44.7. The first-order valence-electron chi connectivity index (χ1n) is 26.2. The van der Waals surface area contributed by atoms with Crippen LogP contribution in [-0.2, 0) is 61.8 Å². The molecule has 6 heterocycles. The molecule has 4 fully saturated rings. The highest BCUT2D eigenvalue weighted by atomic mass is 19.4. The van der Waals surface area contributed by atoms with E-state index in [1.54, 1.807) is 45.9 Å². The molecule has 7 rings (SSSR count). The number of methoxy groups -OCH3 is 2. The van der Waals surface area contributed by atoms with Gasteiger partial charge in [0.2, 0.25) is 0 Å². The summed E-state index contributed by atoms with van der Waals surface area (Å²) in [7, 11) is 2.75. The molecule has 0 aromatic carbocycles. The lowest BCUT2D eigenvalue weighted by atomic mass is 9.71. The Bertz CT molecular complexity index is 2190. The normalized spacial score (nSPS) is 42.4. The molecule has 20 atom stereocenters. The van der Waals surface area contributed by atoms with Gasteiger partial charge in [-0.2, -0.15) is 13.2 Å². The van der Waals surface area contributed by atoms with E-state index in [2.05, 4.69) is 38.2 Å². The Morgan fingerprint density at radius 1 is 0.932 bits per heavy atom. The number of nitrogens with one attached hydrogen (secondary N) is 2.